The Bertz CT molecular complexity index is 566. The molecule has 1 aromatic carbocycles. The molecule has 2 rings (SSSR count). The molecule has 0 spiro atoms. The Labute approximate surface area is 117 Å². The van der Waals surface area contributed by atoms with E-state index in [1.807, 2.05) is 0 Å². The lowest BCUT2D eigenvalue weighted by Crippen LogP contribution is -2.25. The van der Waals surface area contributed by atoms with E-state index in [2.05, 4.69) is 28.9 Å². The summed E-state index contributed by atoms with van der Waals surface area (Å²) in [6.45, 7) is 7.02. The van der Waals surface area contributed by atoms with Crippen LogP contribution in [-0.4, -0.2) is 34.7 Å². The summed E-state index contributed by atoms with van der Waals surface area (Å²) in [6, 6.07) is 4.29. The maximum absolute atomic E-state index is 13.7. The second-order valence-electron chi connectivity index (χ2n) is 4.53. The molecule has 1 heterocycles. The molecule has 2 N–H and O–H groups in total. The van der Waals surface area contributed by atoms with Gasteiger partial charge < -0.3 is 15.2 Å². The number of rotatable bonds is 6. The van der Waals surface area contributed by atoms with Crippen molar-refractivity contribution in [2.24, 2.45) is 0 Å². The largest absolute Gasteiger partial charge is 0.399 e. The highest BCUT2D eigenvalue weighted by Gasteiger charge is 2.14. The molecule has 0 unspecified atom stereocenters. The maximum atomic E-state index is 13.7. The number of likely N-dealkylation sites (N-methyl/N-ethyl adjacent to an activating group) is 1. The summed E-state index contributed by atoms with van der Waals surface area (Å²) in [5, 5.41) is 3.88. The summed E-state index contributed by atoms with van der Waals surface area (Å²) in [5.74, 6) is 0.330. The second kappa shape index (κ2) is 6.47. The number of hydrogen-bond acceptors (Lipinski definition) is 5. The Morgan fingerprint density at radius 2 is 2.05 bits per heavy atom. The molecule has 0 aliphatic heterocycles. The Morgan fingerprint density at radius 1 is 1.30 bits per heavy atom. The summed E-state index contributed by atoms with van der Waals surface area (Å²) in [6.07, 6.45) is 0.676. The van der Waals surface area contributed by atoms with Gasteiger partial charge in [-0.15, -0.1) is 0 Å². The van der Waals surface area contributed by atoms with Crippen molar-refractivity contribution in [1.82, 2.24) is 15.0 Å². The molecule has 108 valence electrons. The van der Waals surface area contributed by atoms with E-state index in [0.29, 0.717) is 17.9 Å². The number of benzene rings is 1. The van der Waals surface area contributed by atoms with Gasteiger partial charge in [0.1, 0.15) is 5.82 Å². The zero-order valence-electron chi connectivity index (χ0n) is 11.8. The van der Waals surface area contributed by atoms with Crippen LogP contribution in [0.15, 0.2) is 22.7 Å². The molecular formula is C14H19FN4O. The molecule has 2 aromatic rings. The van der Waals surface area contributed by atoms with Gasteiger partial charge in [0.25, 0.3) is 5.89 Å². The first-order valence-electron chi connectivity index (χ1n) is 6.74. The molecule has 0 radical (unpaired) electrons. The first-order valence-corrected chi connectivity index (χ1v) is 6.74. The van der Waals surface area contributed by atoms with Crippen LogP contribution in [0.3, 0.4) is 0 Å². The summed E-state index contributed by atoms with van der Waals surface area (Å²) in [7, 11) is 0. The molecular weight excluding hydrogens is 259 g/mol. The molecule has 0 saturated heterocycles. The van der Waals surface area contributed by atoms with Crippen LogP contribution >= 0.6 is 0 Å². The summed E-state index contributed by atoms with van der Waals surface area (Å²) >= 11 is 0. The van der Waals surface area contributed by atoms with Gasteiger partial charge in [-0.25, -0.2) is 4.39 Å². The van der Waals surface area contributed by atoms with Crippen LogP contribution in [0.2, 0.25) is 0 Å². The van der Waals surface area contributed by atoms with Gasteiger partial charge in [-0.2, -0.15) is 4.98 Å². The van der Waals surface area contributed by atoms with Gasteiger partial charge in [0.2, 0.25) is 0 Å². The number of halogens is 1. The Hall–Kier alpha value is -1.95. The highest BCUT2D eigenvalue weighted by atomic mass is 19.1. The number of nitrogen functional groups attached to an aromatic ring is 1. The minimum absolute atomic E-state index is 0.171. The summed E-state index contributed by atoms with van der Waals surface area (Å²) in [4.78, 5) is 6.48. The van der Waals surface area contributed by atoms with Gasteiger partial charge in [-0.1, -0.05) is 19.0 Å². The fraction of sp³-hybridized carbons (Fsp3) is 0.429. The van der Waals surface area contributed by atoms with E-state index in [4.69, 9.17) is 10.3 Å². The number of anilines is 1. The molecule has 5 nitrogen and oxygen atoms in total. The van der Waals surface area contributed by atoms with Crippen LogP contribution in [0, 0.1) is 5.82 Å². The zero-order valence-corrected chi connectivity index (χ0v) is 11.8. The first kappa shape index (κ1) is 14.5. The van der Waals surface area contributed by atoms with E-state index in [1.165, 1.54) is 18.2 Å². The van der Waals surface area contributed by atoms with Crippen molar-refractivity contribution in [3.8, 4) is 11.5 Å². The highest BCUT2D eigenvalue weighted by molar-refractivity contribution is 5.60. The fourth-order valence-electron chi connectivity index (χ4n) is 1.97. The van der Waals surface area contributed by atoms with Gasteiger partial charge in [-0.3, -0.25) is 0 Å². The average Bonchev–Trinajstić information content (AvgIpc) is 2.91. The predicted octanol–water partition coefficient (Wildman–Crippen LogP) is 2.34. The van der Waals surface area contributed by atoms with Crippen molar-refractivity contribution < 1.29 is 8.91 Å². The van der Waals surface area contributed by atoms with Gasteiger partial charge in [0.05, 0.1) is 5.56 Å². The topological polar surface area (TPSA) is 68.2 Å². The van der Waals surface area contributed by atoms with E-state index >= 15 is 0 Å². The number of aromatic nitrogens is 2. The summed E-state index contributed by atoms with van der Waals surface area (Å²) < 4.78 is 18.8. The molecule has 0 atom stereocenters. The van der Waals surface area contributed by atoms with Crippen LogP contribution in [0.25, 0.3) is 11.5 Å². The molecule has 1 aromatic heterocycles. The standard InChI is InChI=1S/C14H19FN4O/c1-3-19(4-2)8-7-13-17-14(20-18-13)11-9-10(16)5-6-12(11)15/h5-6,9H,3-4,7-8,16H2,1-2H3. The maximum Gasteiger partial charge on any atom is 0.260 e. The lowest BCUT2D eigenvalue weighted by molar-refractivity contribution is 0.303. The third-order valence-corrected chi connectivity index (χ3v) is 3.23. The van der Waals surface area contributed by atoms with Crippen molar-refractivity contribution in [2.45, 2.75) is 20.3 Å². The van der Waals surface area contributed by atoms with Crippen LogP contribution in [-0.2, 0) is 6.42 Å². The monoisotopic (exact) mass is 278 g/mol. The van der Waals surface area contributed by atoms with Crippen molar-refractivity contribution >= 4 is 5.69 Å². The molecule has 6 heteroatoms. The number of nitrogens with zero attached hydrogens (tertiary/aromatic N) is 3. The fourth-order valence-corrected chi connectivity index (χ4v) is 1.97. The smallest absolute Gasteiger partial charge is 0.260 e. The third-order valence-electron chi connectivity index (χ3n) is 3.23. The van der Waals surface area contributed by atoms with E-state index in [0.717, 1.165) is 19.6 Å². The minimum atomic E-state index is -0.418. The van der Waals surface area contributed by atoms with Gasteiger partial charge in [-0.05, 0) is 31.3 Å². The molecule has 0 amide bonds. The van der Waals surface area contributed by atoms with E-state index < -0.39 is 5.82 Å². The van der Waals surface area contributed by atoms with Crippen LogP contribution < -0.4 is 5.73 Å². The van der Waals surface area contributed by atoms with Crippen LogP contribution in [0.4, 0.5) is 10.1 Å². The van der Waals surface area contributed by atoms with E-state index in [9.17, 15) is 4.39 Å². The summed E-state index contributed by atoms with van der Waals surface area (Å²) in [5.41, 5.74) is 6.35. The lowest BCUT2D eigenvalue weighted by Gasteiger charge is -2.16. The Morgan fingerprint density at radius 3 is 2.75 bits per heavy atom. The number of nitrogens with two attached hydrogens (primary N) is 1. The molecule has 0 aliphatic carbocycles. The highest BCUT2D eigenvalue weighted by Crippen LogP contribution is 2.23. The van der Waals surface area contributed by atoms with E-state index in [1.54, 1.807) is 0 Å². The molecule has 20 heavy (non-hydrogen) atoms. The zero-order chi connectivity index (χ0) is 14.5. The van der Waals surface area contributed by atoms with Crippen LogP contribution in [0.1, 0.15) is 19.7 Å². The van der Waals surface area contributed by atoms with E-state index in [-0.39, 0.29) is 11.5 Å². The van der Waals surface area contributed by atoms with Crippen LogP contribution in [0.5, 0.6) is 0 Å². The predicted molar refractivity (Wildman–Crippen MR) is 75.6 cm³/mol. The van der Waals surface area contributed by atoms with Crippen molar-refractivity contribution in [2.75, 3.05) is 25.4 Å². The minimum Gasteiger partial charge on any atom is -0.399 e. The molecule has 0 aliphatic rings. The quantitative estimate of drug-likeness (QED) is 0.821. The lowest BCUT2D eigenvalue weighted by atomic mass is 10.2. The van der Waals surface area contributed by atoms with Gasteiger partial charge in [0, 0.05) is 18.7 Å². The number of hydrogen-bond donors (Lipinski definition) is 1. The van der Waals surface area contributed by atoms with Gasteiger partial charge >= 0.3 is 0 Å². The SMILES string of the molecule is CCN(CC)CCc1noc(-c2cc(N)ccc2F)n1. The second-order valence-corrected chi connectivity index (χ2v) is 4.53. The molecule has 0 fully saturated rings. The Balaban J connectivity index is 2.10. The average molecular weight is 278 g/mol. The third kappa shape index (κ3) is 3.33. The molecule has 0 bridgehead atoms. The van der Waals surface area contributed by atoms with Gasteiger partial charge in [0.15, 0.2) is 5.82 Å². The first-order chi connectivity index (χ1) is 9.63. The normalized spacial score (nSPS) is 11.2. The molecule has 0 saturated carbocycles. The Kier molecular flexibility index (Phi) is 4.68. The van der Waals surface area contributed by atoms with Crippen molar-refractivity contribution in [1.29, 1.82) is 0 Å². The van der Waals surface area contributed by atoms with Crippen molar-refractivity contribution in [3.05, 3.63) is 29.8 Å². The van der Waals surface area contributed by atoms with Crippen molar-refractivity contribution in [3.63, 3.8) is 0 Å².